The molecule has 0 aliphatic rings. The molecule has 0 saturated carbocycles. The first kappa shape index (κ1) is 24.6. The topological polar surface area (TPSA) is 0 Å². The fourth-order valence-corrected chi connectivity index (χ4v) is 9.33. The Morgan fingerprint density at radius 3 is 1.35 bits per heavy atom. The molecule has 0 N–H and O–H groups in total. The fourth-order valence-electron chi connectivity index (χ4n) is 4.23. The van der Waals surface area contributed by atoms with Crippen LogP contribution in [0.25, 0.3) is 0 Å². The Kier molecular flexibility index (Phi) is 9.69. The predicted octanol–water partition coefficient (Wildman–Crippen LogP) is 8.06. The molecule has 2 heteroatoms. The van der Waals surface area contributed by atoms with E-state index in [1.807, 2.05) is 0 Å². The molecule has 0 aromatic heterocycles. The maximum absolute atomic E-state index is 2.66. The number of hydrogen-bond acceptors (Lipinski definition) is 0. The van der Waals surface area contributed by atoms with Gasteiger partial charge in [0.25, 0.3) is 0 Å². The zero-order valence-electron chi connectivity index (χ0n) is 20.1. The van der Waals surface area contributed by atoms with Crippen LogP contribution < -0.4 is 21.2 Å². The van der Waals surface area contributed by atoms with Crippen LogP contribution in [0.1, 0.15) is 39.0 Å². The van der Waals surface area contributed by atoms with E-state index >= 15 is 0 Å². The van der Waals surface area contributed by atoms with Crippen LogP contribution >= 0.6 is 15.8 Å². The standard InChI is InChI=1S/C32H34P2/c1-2-3-4-9-26-32(34(30-22-14-7-15-23-30)31-24-16-8-17-25-31)27-33(28-18-10-5-11-19-28)29-20-12-6-13-21-29/h5-8,10-25,27H,2-4,9,26H2,1H3/b32-27-. The van der Waals surface area contributed by atoms with Crippen molar-refractivity contribution >= 4 is 37.1 Å². The van der Waals surface area contributed by atoms with Gasteiger partial charge in [0.1, 0.15) is 0 Å². The molecule has 0 saturated heterocycles. The zero-order valence-corrected chi connectivity index (χ0v) is 21.8. The lowest BCUT2D eigenvalue weighted by Crippen LogP contribution is -2.15. The van der Waals surface area contributed by atoms with Crippen LogP contribution in [-0.4, -0.2) is 0 Å². The number of benzene rings is 4. The summed E-state index contributed by atoms with van der Waals surface area (Å²) >= 11 is 0. The quantitative estimate of drug-likeness (QED) is 0.150. The van der Waals surface area contributed by atoms with Crippen LogP contribution in [-0.2, 0) is 0 Å². The van der Waals surface area contributed by atoms with Gasteiger partial charge in [0.2, 0.25) is 0 Å². The molecule has 0 bridgehead atoms. The molecule has 172 valence electrons. The van der Waals surface area contributed by atoms with E-state index in [9.17, 15) is 0 Å². The summed E-state index contributed by atoms with van der Waals surface area (Å²) in [5.41, 5.74) is 0. The van der Waals surface area contributed by atoms with Crippen LogP contribution in [0.15, 0.2) is 132 Å². The SMILES string of the molecule is CCCCCC/C(=C/P(c1ccccc1)c1ccccc1)P(c1ccccc1)c1ccccc1. The second kappa shape index (κ2) is 13.4. The predicted molar refractivity (Wildman–Crippen MR) is 155 cm³/mol. The van der Waals surface area contributed by atoms with Crippen LogP contribution in [0.4, 0.5) is 0 Å². The van der Waals surface area contributed by atoms with Gasteiger partial charge in [-0.2, -0.15) is 0 Å². The Morgan fingerprint density at radius 1 is 0.529 bits per heavy atom. The molecule has 0 aliphatic carbocycles. The van der Waals surface area contributed by atoms with E-state index in [4.69, 9.17) is 0 Å². The summed E-state index contributed by atoms with van der Waals surface area (Å²) in [4.78, 5) is 0. The second-order valence-electron chi connectivity index (χ2n) is 8.48. The van der Waals surface area contributed by atoms with Gasteiger partial charge in [0, 0.05) is 0 Å². The molecule has 4 aromatic rings. The van der Waals surface area contributed by atoms with Crippen molar-refractivity contribution in [2.75, 3.05) is 0 Å². The van der Waals surface area contributed by atoms with Gasteiger partial charge < -0.3 is 0 Å². The smallest absolute Gasteiger partial charge is 0.0154 e. The van der Waals surface area contributed by atoms with E-state index in [1.54, 1.807) is 5.31 Å². The van der Waals surface area contributed by atoms with Gasteiger partial charge in [0.15, 0.2) is 0 Å². The summed E-state index contributed by atoms with van der Waals surface area (Å²) in [6.07, 6.45) is 6.30. The van der Waals surface area contributed by atoms with Crippen molar-refractivity contribution in [1.29, 1.82) is 0 Å². The Bertz CT molecular complexity index is 1040. The molecule has 0 fully saturated rings. The van der Waals surface area contributed by atoms with Crippen LogP contribution in [0.2, 0.25) is 0 Å². The van der Waals surface area contributed by atoms with Crippen LogP contribution in [0.3, 0.4) is 0 Å². The third kappa shape index (κ3) is 6.76. The van der Waals surface area contributed by atoms with Gasteiger partial charge in [-0.05, 0) is 61.0 Å². The zero-order chi connectivity index (χ0) is 23.4. The number of hydrogen-bond donors (Lipinski definition) is 0. The minimum Gasteiger partial charge on any atom is -0.0654 e. The van der Waals surface area contributed by atoms with Crippen molar-refractivity contribution in [2.45, 2.75) is 39.0 Å². The third-order valence-electron chi connectivity index (χ3n) is 5.95. The number of rotatable bonds is 11. The van der Waals surface area contributed by atoms with Gasteiger partial charge >= 0.3 is 0 Å². The lowest BCUT2D eigenvalue weighted by molar-refractivity contribution is 0.672. The summed E-state index contributed by atoms with van der Waals surface area (Å²) in [5, 5.41) is 7.35. The van der Waals surface area contributed by atoms with E-state index in [2.05, 4.69) is 134 Å². The van der Waals surface area contributed by atoms with E-state index in [-0.39, 0.29) is 0 Å². The normalized spacial score (nSPS) is 11.8. The Labute approximate surface area is 208 Å². The maximum Gasteiger partial charge on any atom is -0.0154 e. The molecule has 0 aliphatic heterocycles. The van der Waals surface area contributed by atoms with E-state index < -0.39 is 15.8 Å². The summed E-state index contributed by atoms with van der Waals surface area (Å²) < 4.78 is 0. The van der Waals surface area contributed by atoms with Crippen LogP contribution in [0, 0.1) is 0 Å². The minimum absolute atomic E-state index is 0.571. The van der Waals surface area contributed by atoms with Crippen LogP contribution in [0.5, 0.6) is 0 Å². The molecule has 4 aromatic carbocycles. The summed E-state index contributed by atoms with van der Waals surface area (Å²) in [5.74, 6) is 2.66. The molecular formula is C32H34P2. The molecule has 0 radical (unpaired) electrons. The van der Waals surface area contributed by atoms with Gasteiger partial charge in [-0.15, -0.1) is 0 Å². The lowest BCUT2D eigenvalue weighted by atomic mass is 10.1. The highest BCUT2D eigenvalue weighted by atomic mass is 31.1. The first-order valence-corrected chi connectivity index (χ1v) is 15.1. The van der Waals surface area contributed by atoms with Crippen molar-refractivity contribution in [3.63, 3.8) is 0 Å². The Hall–Kier alpha value is -2.52. The van der Waals surface area contributed by atoms with Gasteiger partial charge in [0.05, 0.1) is 0 Å². The molecule has 0 unspecified atom stereocenters. The van der Waals surface area contributed by atoms with E-state index in [0.29, 0.717) is 0 Å². The first-order valence-electron chi connectivity index (χ1n) is 12.4. The highest BCUT2D eigenvalue weighted by molar-refractivity contribution is 7.80. The second-order valence-corrected chi connectivity index (χ2v) is 12.8. The van der Waals surface area contributed by atoms with E-state index in [1.165, 1.54) is 46.9 Å². The van der Waals surface area contributed by atoms with Gasteiger partial charge in [-0.3, -0.25) is 0 Å². The molecule has 0 amide bonds. The minimum atomic E-state index is -0.574. The first-order chi connectivity index (χ1) is 16.9. The average Bonchev–Trinajstić information content (AvgIpc) is 2.91. The monoisotopic (exact) mass is 480 g/mol. The molecule has 0 atom stereocenters. The summed E-state index contributed by atoms with van der Waals surface area (Å²) in [6.45, 7) is 2.29. The third-order valence-corrected chi connectivity index (χ3v) is 11.0. The molecular weight excluding hydrogens is 446 g/mol. The maximum atomic E-state index is 2.66. The Balaban J connectivity index is 1.83. The molecule has 0 spiro atoms. The highest BCUT2D eigenvalue weighted by Gasteiger charge is 2.21. The average molecular weight is 481 g/mol. The van der Waals surface area contributed by atoms with E-state index in [0.717, 1.165) is 6.42 Å². The van der Waals surface area contributed by atoms with Crippen molar-refractivity contribution < 1.29 is 0 Å². The largest absolute Gasteiger partial charge is 0.0654 e. The number of allylic oxidation sites excluding steroid dienone is 1. The Morgan fingerprint density at radius 2 is 0.941 bits per heavy atom. The van der Waals surface area contributed by atoms with Crippen molar-refractivity contribution in [1.82, 2.24) is 0 Å². The molecule has 34 heavy (non-hydrogen) atoms. The highest BCUT2D eigenvalue weighted by Crippen LogP contribution is 2.50. The number of unbranched alkanes of at least 4 members (excludes halogenated alkanes) is 3. The molecule has 0 heterocycles. The summed E-state index contributed by atoms with van der Waals surface area (Å²) in [6, 6.07) is 44.5. The van der Waals surface area contributed by atoms with Gasteiger partial charge in [-0.25, -0.2) is 0 Å². The van der Waals surface area contributed by atoms with Crippen molar-refractivity contribution in [3.8, 4) is 0 Å². The van der Waals surface area contributed by atoms with Crippen molar-refractivity contribution in [3.05, 3.63) is 132 Å². The molecule has 4 rings (SSSR count). The fraction of sp³-hybridized carbons (Fsp3) is 0.188. The molecule has 0 nitrogen and oxygen atoms in total. The van der Waals surface area contributed by atoms with Crippen molar-refractivity contribution in [2.24, 2.45) is 0 Å². The van der Waals surface area contributed by atoms with Gasteiger partial charge in [-0.1, -0.05) is 148 Å². The lowest BCUT2D eigenvalue weighted by Gasteiger charge is -2.25. The summed E-state index contributed by atoms with van der Waals surface area (Å²) in [7, 11) is -1.14.